The van der Waals surface area contributed by atoms with E-state index in [0.29, 0.717) is 30.8 Å². The third-order valence-electron chi connectivity index (χ3n) is 6.23. The van der Waals surface area contributed by atoms with Crippen molar-refractivity contribution in [3.63, 3.8) is 0 Å². The molecule has 2 aromatic carbocycles. The highest BCUT2D eigenvalue weighted by atomic mass is 32.2. The summed E-state index contributed by atoms with van der Waals surface area (Å²) in [4.78, 5) is 18.0. The van der Waals surface area contributed by atoms with Crippen LogP contribution in [0.5, 0.6) is 0 Å². The van der Waals surface area contributed by atoms with Gasteiger partial charge in [-0.3, -0.25) is 4.79 Å². The lowest BCUT2D eigenvalue weighted by molar-refractivity contribution is -0.126. The van der Waals surface area contributed by atoms with Crippen LogP contribution in [-0.4, -0.2) is 41.3 Å². The summed E-state index contributed by atoms with van der Waals surface area (Å²) in [6.07, 6.45) is 1.02. The molecule has 1 aromatic heterocycles. The second kappa shape index (κ2) is 9.03. The number of nitrogens with zero attached hydrogens (tertiary/aromatic N) is 3. The molecule has 170 valence electrons. The number of hydrogen-bond donors (Lipinski definition) is 1. The van der Waals surface area contributed by atoms with E-state index in [4.69, 9.17) is 4.98 Å². The van der Waals surface area contributed by atoms with E-state index in [1.165, 1.54) is 4.31 Å². The van der Waals surface area contributed by atoms with Gasteiger partial charge in [-0.2, -0.15) is 4.31 Å². The first-order valence-electron chi connectivity index (χ1n) is 11.1. The van der Waals surface area contributed by atoms with Crippen molar-refractivity contribution in [2.75, 3.05) is 13.1 Å². The molecule has 1 unspecified atom stereocenters. The minimum Gasteiger partial charge on any atom is -0.346 e. The third-order valence-corrected chi connectivity index (χ3v) is 8.14. The summed E-state index contributed by atoms with van der Waals surface area (Å²) in [6, 6.07) is 14.6. The molecule has 0 saturated carbocycles. The molecule has 4 rings (SSSR count). The lowest BCUT2D eigenvalue weighted by Gasteiger charge is -2.31. The summed E-state index contributed by atoms with van der Waals surface area (Å²) < 4.78 is 29.4. The van der Waals surface area contributed by atoms with E-state index in [2.05, 4.69) is 16.8 Å². The third kappa shape index (κ3) is 4.29. The number of fused-ring (bicyclic) bond motifs is 1. The zero-order chi connectivity index (χ0) is 22.9. The Kier molecular flexibility index (Phi) is 6.35. The summed E-state index contributed by atoms with van der Waals surface area (Å²) in [5.74, 6) is 0.586. The van der Waals surface area contributed by atoms with Gasteiger partial charge in [0.05, 0.1) is 22.0 Å². The molecular weight excluding hydrogens is 424 g/mol. The van der Waals surface area contributed by atoms with Crippen LogP contribution in [0.1, 0.15) is 44.1 Å². The predicted molar refractivity (Wildman–Crippen MR) is 125 cm³/mol. The minimum atomic E-state index is -3.53. The maximum atomic E-state index is 12.9. The highest BCUT2D eigenvalue weighted by Crippen LogP contribution is 2.26. The van der Waals surface area contributed by atoms with Gasteiger partial charge in [-0.05, 0) is 57.9 Å². The van der Waals surface area contributed by atoms with Crippen LogP contribution in [0.15, 0.2) is 53.4 Å². The second-order valence-corrected chi connectivity index (χ2v) is 10.4. The van der Waals surface area contributed by atoms with Crippen LogP contribution in [0.4, 0.5) is 0 Å². The average Bonchev–Trinajstić information content (AvgIpc) is 3.18. The topological polar surface area (TPSA) is 84.3 Å². The van der Waals surface area contributed by atoms with Crippen molar-refractivity contribution in [3.8, 4) is 0 Å². The van der Waals surface area contributed by atoms with Gasteiger partial charge in [0.15, 0.2) is 0 Å². The Morgan fingerprint density at radius 2 is 1.78 bits per heavy atom. The van der Waals surface area contributed by atoms with Crippen LogP contribution in [0.25, 0.3) is 11.0 Å². The van der Waals surface area contributed by atoms with Gasteiger partial charge in [-0.25, -0.2) is 13.4 Å². The number of piperidine rings is 1. The van der Waals surface area contributed by atoms with Gasteiger partial charge >= 0.3 is 0 Å². The van der Waals surface area contributed by atoms with Crippen molar-refractivity contribution in [2.24, 2.45) is 5.92 Å². The Hall–Kier alpha value is -2.71. The van der Waals surface area contributed by atoms with Gasteiger partial charge in [0.25, 0.3) is 0 Å². The molecule has 0 aliphatic carbocycles. The van der Waals surface area contributed by atoms with Crippen LogP contribution in [-0.2, 0) is 21.4 Å². The number of nitrogens with one attached hydrogen (secondary N) is 1. The van der Waals surface area contributed by atoms with E-state index < -0.39 is 10.0 Å². The van der Waals surface area contributed by atoms with Gasteiger partial charge in [0, 0.05) is 25.6 Å². The van der Waals surface area contributed by atoms with Crippen molar-refractivity contribution < 1.29 is 13.2 Å². The van der Waals surface area contributed by atoms with Crippen LogP contribution in [0, 0.1) is 12.8 Å². The Morgan fingerprint density at radius 3 is 2.44 bits per heavy atom. The molecule has 1 aliphatic rings. The highest BCUT2D eigenvalue weighted by molar-refractivity contribution is 7.89. The van der Waals surface area contributed by atoms with Crippen molar-refractivity contribution >= 4 is 27.0 Å². The molecule has 1 amide bonds. The van der Waals surface area contributed by atoms with E-state index in [1.807, 2.05) is 38.1 Å². The number of carbonyl (C=O) groups excluding carboxylic acids is 1. The van der Waals surface area contributed by atoms with E-state index in [1.54, 1.807) is 24.3 Å². The molecule has 1 saturated heterocycles. The standard InChI is InChI=1S/C24H30N4O3S/c1-4-28-22-8-6-5-7-21(22)26-23(28)18(3)25-24(29)19-13-15-27(16-14-19)32(30,31)20-11-9-17(2)10-12-20/h5-12,18-19H,4,13-16H2,1-3H3,(H,25,29). The van der Waals surface area contributed by atoms with Crippen LogP contribution < -0.4 is 5.32 Å². The molecule has 1 fully saturated rings. The van der Waals surface area contributed by atoms with Gasteiger partial charge in [-0.1, -0.05) is 29.8 Å². The predicted octanol–water partition coefficient (Wildman–Crippen LogP) is 3.64. The minimum absolute atomic E-state index is 0.0420. The van der Waals surface area contributed by atoms with Crippen molar-refractivity contribution in [1.82, 2.24) is 19.2 Å². The Balaban J connectivity index is 1.40. The normalized spacial score (nSPS) is 16.8. The molecule has 1 aliphatic heterocycles. The SMILES string of the molecule is CCn1c(C(C)NC(=O)C2CCN(S(=O)(=O)c3ccc(C)cc3)CC2)nc2ccccc21. The van der Waals surface area contributed by atoms with Gasteiger partial charge in [0.2, 0.25) is 15.9 Å². The van der Waals surface area contributed by atoms with Crippen molar-refractivity contribution in [1.29, 1.82) is 0 Å². The molecular formula is C24H30N4O3S. The zero-order valence-electron chi connectivity index (χ0n) is 18.8. The highest BCUT2D eigenvalue weighted by Gasteiger charge is 2.32. The quantitative estimate of drug-likeness (QED) is 0.616. The number of benzene rings is 2. The monoisotopic (exact) mass is 454 g/mol. The molecule has 7 nitrogen and oxygen atoms in total. The summed E-state index contributed by atoms with van der Waals surface area (Å²) >= 11 is 0. The summed E-state index contributed by atoms with van der Waals surface area (Å²) in [6.45, 7) is 7.40. The molecule has 0 radical (unpaired) electrons. The number of imidazole rings is 1. The first kappa shape index (κ1) is 22.5. The fraction of sp³-hybridized carbons (Fsp3) is 0.417. The van der Waals surface area contributed by atoms with Gasteiger partial charge in [0.1, 0.15) is 5.82 Å². The maximum Gasteiger partial charge on any atom is 0.243 e. The van der Waals surface area contributed by atoms with Gasteiger partial charge in [-0.15, -0.1) is 0 Å². The molecule has 32 heavy (non-hydrogen) atoms. The molecule has 8 heteroatoms. The van der Waals surface area contributed by atoms with Crippen LogP contribution in [0.2, 0.25) is 0 Å². The summed E-state index contributed by atoms with van der Waals surface area (Å²) in [7, 11) is -3.53. The lowest BCUT2D eigenvalue weighted by Crippen LogP contribution is -2.43. The number of hydrogen-bond acceptors (Lipinski definition) is 4. The summed E-state index contributed by atoms with van der Waals surface area (Å²) in [5.41, 5.74) is 2.99. The molecule has 1 atom stereocenters. The maximum absolute atomic E-state index is 12.9. The number of carbonyl (C=O) groups is 1. The fourth-order valence-corrected chi connectivity index (χ4v) is 5.84. The van der Waals surface area contributed by atoms with Gasteiger partial charge < -0.3 is 9.88 Å². The zero-order valence-corrected chi connectivity index (χ0v) is 19.6. The smallest absolute Gasteiger partial charge is 0.243 e. The number of para-hydroxylation sites is 2. The van der Waals surface area contributed by atoms with Crippen LogP contribution in [0.3, 0.4) is 0 Å². The first-order valence-corrected chi connectivity index (χ1v) is 12.6. The number of amides is 1. The largest absolute Gasteiger partial charge is 0.346 e. The molecule has 1 N–H and O–H groups in total. The summed E-state index contributed by atoms with van der Waals surface area (Å²) in [5, 5.41) is 3.10. The molecule has 3 aromatic rings. The fourth-order valence-electron chi connectivity index (χ4n) is 4.37. The lowest BCUT2D eigenvalue weighted by atomic mass is 9.97. The van der Waals surface area contributed by atoms with E-state index in [0.717, 1.165) is 29.0 Å². The first-order chi connectivity index (χ1) is 15.3. The van der Waals surface area contributed by atoms with Crippen molar-refractivity contribution in [2.45, 2.75) is 51.1 Å². The molecule has 0 spiro atoms. The van der Waals surface area contributed by atoms with E-state index >= 15 is 0 Å². The van der Waals surface area contributed by atoms with Crippen molar-refractivity contribution in [3.05, 3.63) is 59.9 Å². The van der Waals surface area contributed by atoms with E-state index in [-0.39, 0.29) is 17.9 Å². The molecule has 2 heterocycles. The average molecular weight is 455 g/mol. The Labute approximate surface area is 189 Å². The van der Waals surface area contributed by atoms with Crippen LogP contribution >= 0.6 is 0 Å². The molecule has 0 bridgehead atoms. The second-order valence-electron chi connectivity index (χ2n) is 8.42. The number of rotatable bonds is 6. The Bertz CT molecular complexity index is 1210. The number of aromatic nitrogens is 2. The Morgan fingerprint density at radius 1 is 1.12 bits per heavy atom. The number of aryl methyl sites for hydroxylation is 2. The van der Waals surface area contributed by atoms with E-state index in [9.17, 15) is 13.2 Å². The number of sulfonamides is 1.